The summed E-state index contributed by atoms with van der Waals surface area (Å²) in [5.41, 5.74) is 6.54. The fourth-order valence-electron chi connectivity index (χ4n) is 3.23. The van der Waals surface area contributed by atoms with Crippen molar-refractivity contribution < 1.29 is 33.3 Å². The molecule has 1 aliphatic rings. The van der Waals surface area contributed by atoms with Gasteiger partial charge in [-0.25, -0.2) is 9.97 Å². The summed E-state index contributed by atoms with van der Waals surface area (Å²) < 4.78 is 24.2. The molecular weight excluding hydrogens is 442 g/mol. The van der Waals surface area contributed by atoms with E-state index in [0.717, 1.165) is 0 Å². The first-order valence-electron chi connectivity index (χ1n) is 10.2. The number of hydrogen-bond acceptors (Lipinski definition) is 11. The van der Waals surface area contributed by atoms with Gasteiger partial charge in [-0.1, -0.05) is 33.0 Å². The lowest BCUT2D eigenvalue weighted by Crippen LogP contribution is -2.41. The highest BCUT2D eigenvalue weighted by Crippen LogP contribution is 2.36. The Bertz CT molecular complexity index is 1070. The normalized spacial score (nSPS) is 22.6. The minimum Gasteiger partial charge on any atom is -0.463 e. The van der Waals surface area contributed by atoms with Gasteiger partial charge in [0, 0.05) is 19.3 Å². The molecule has 0 aliphatic carbocycles. The monoisotopic (exact) mass is 467 g/mol. The number of anilines is 1. The number of carbonyl (C=O) groups is 3. The minimum atomic E-state index is -1.04. The third kappa shape index (κ3) is 4.88. The highest BCUT2D eigenvalue weighted by atomic mass is 32.1. The first-order valence-corrected chi connectivity index (χ1v) is 10.6. The predicted molar refractivity (Wildman–Crippen MR) is 113 cm³/mol. The van der Waals surface area contributed by atoms with Gasteiger partial charge in [0.2, 0.25) is 0 Å². The molecule has 32 heavy (non-hydrogen) atoms. The zero-order valence-electron chi connectivity index (χ0n) is 17.9. The molecule has 0 unspecified atom stereocenters. The van der Waals surface area contributed by atoms with Crippen molar-refractivity contribution in [2.75, 3.05) is 12.3 Å². The number of nitrogens with zero attached hydrogens (tertiary/aromatic N) is 3. The van der Waals surface area contributed by atoms with Crippen LogP contribution in [0.3, 0.4) is 0 Å². The van der Waals surface area contributed by atoms with Gasteiger partial charge in [-0.15, -0.1) is 0 Å². The van der Waals surface area contributed by atoms with E-state index in [9.17, 15) is 14.4 Å². The molecule has 1 fully saturated rings. The van der Waals surface area contributed by atoms with E-state index in [0.29, 0.717) is 11.2 Å². The van der Waals surface area contributed by atoms with Gasteiger partial charge in [0.1, 0.15) is 23.9 Å². The molecule has 4 atom stereocenters. The Balaban J connectivity index is 2.04. The Morgan fingerprint density at radius 2 is 1.75 bits per heavy atom. The van der Waals surface area contributed by atoms with Crippen LogP contribution in [0.25, 0.3) is 11.2 Å². The van der Waals surface area contributed by atoms with Gasteiger partial charge in [-0.05, 0) is 0 Å². The maximum absolute atomic E-state index is 12.2. The molecule has 13 heteroatoms. The summed E-state index contributed by atoms with van der Waals surface area (Å²) in [5.74, 6) is -1.43. The highest BCUT2D eigenvalue weighted by Gasteiger charge is 2.51. The number of ether oxygens (including phenoxy) is 4. The lowest BCUT2D eigenvalue weighted by molar-refractivity contribution is -0.169. The maximum atomic E-state index is 12.2. The number of aromatic amines is 1. The van der Waals surface area contributed by atoms with Crippen LogP contribution in [0.5, 0.6) is 0 Å². The molecule has 0 aromatic carbocycles. The number of nitrogen functional groups attached to an aromatic ring is 1. The van der Waals surface area contributed by atoms with Crippen LogP contribution in [-0.4, -0.2) is 62.3 Å². The van der Waals surface area contributed by atoms with Crippen LogP contribution >= 0.6 is 12.2 Å². The van der Waals surface area contributed by atoms with E-state index in [1.807, 2.05) is 0 Å². The van der Waals surface area contributed by atoms with E-state index in [4.69, 9.17) is 36.9 Å². The first-order chi connectivity index (χ1) is 15.3. The van der Waals surface area contributed by atoms with E-state index in [-0.39, 0.29) is 36.5 Å². The van der Waals surface area contributed by atoms with Crippen molar-refractivity contribution in [1.29, 1.82) is 0 Å². The number of carbonyl (C=O) groups excluding carboxylic acids is 3. The smallest absolute Gasteiger partial charge is 0.306 e. The number of nitrogens with one attached hydrogen (secondary N) is 1. The molecule has 2 aromatic heterocycles. The van der Waals surface area contributed by atoms with Crippen LogP contribution < -0.4 is 5.73 Å². The zero-order chi connectivity index (χ0) is 23.4. The van der Waals surface area contributed by atoms with Crippen LogP contribution in [0.15, 0.2) is 6.33 Å². The molecule has 1 aliphatic heterocycles. The minimum absolute atomic E-state index is 0.0618. The van der Waals surface area contributed by atoms with E-state index in [1.165, 1.54) is 10.9 Å². The molecular formula is C19H25N5O7S. The Morgan fingerprint density at radius 1 is 1.12 bits per heavy atom. The second kappa shape index (κ2) is 10.0. The van der Waals surface area contributed by atoms with E-state index in [1.54, 1.807) is 20.8 Å². The summed E-state index contributed by atoms with van der Waals surface area (Å²) in [6.07, 6.45) is -2.14. The molecule has 1 saturated heterocycles. The van der Waals surface area contributed by atoms with Gasteiger partial charge in [0.25, 0.3) is 0 Å². The predicted octanol–water partition coefficient (Wildman–Crippen LogP) is 1.57. The topological polar surface area (TPSA) is 161 Å². The van der Waals surface area contributed by atoms with Gasteiger partial charge >= 0.3 is 17.9 Å². The molecule has 0 saturated carbocycles. The van der Waals surface area contributed by atoms with Crippen LogP contribution in [0, 0.1) is 4.64 Å². The lowest BCUT2D eigenvalue weighted by atomic mass is 10.1. The van der Waals surface area contributed by atoms with Crippen LogP contribution in [0.1, 0.15) is 46.3 Å². The number of imidazole rings is 1. The van der Waals surface area contributed by atoms with Crippen LogP contribution in [0.2, 0.25) is 0 Å². The fraction of sp³-hybridized carbons (Fsp3) is 0.579. The summed E-state index contributed by atoms with van der Waals surface area (Å²) in [7, 11) is 0. The number of hydrogen-bond donors (Lipinski definition) is 2. The Labute approximate surface area is 188 Å². The summed E-state index contributed by atoms with van der Waals surface area (Å²) in [5, 5.41) is 0. The number of fused-ring (bicyclic) bond motifs is 1. The van der Waals surface area contributed by atoms with Gasteiger partial charge in [0.15, 0.2) is 29.0 Å². The molecule has 3 rings (SSSR count). The molecule has 0 amide bonds. The van der Waals surface area contributed by atoms with Crippen molar-refractivity contribution in [3.05, 3.63) is 11.0 Å². The van der Waals surface area contributed by atoms with Crippen molar-refractivity contribution in [3.63, 3.8) is 0 Å². The van der Waals surface area contributed by atoms with Gasteiger partial charge < -0.3 is 29.7 Å². The number of esters is 3. The molecule has 0 bridgehead atoms. The van der Waals surface area contributed by atoms with Gasteiger partial charge in [-0.3, -0.25) is 19.0 Å². The van der Waals surface area contributed by atoms with Gasteiger partial charge in [0.05, 0.1) is 6.33 Å². The highest BCUT2D eigenvalue weighted by molar-refractivity contribution is 7.71. The molecule has 3 heterocycles. The van der Waals surface area contributed by atoms with Crippen molar-refractivity contribution in [2.24, 2.45) is 0 Å². The average Bonchev–Trinajstić information content (AvgIpc) is 3.33. The summed E-state index contributed by atoms with van der Waals surface area (Å²) >= 11 is 5.21. The second-order valence-corrected chi connectivity index (χ2v) is 7.38. The fourth-order valence-corrected chi connectivity index (χ4v) is 3.47. The molecule has 0 radical (unpaired) electrons. The average molecular weight is 468 g/mol. The standard InChI is InChI=1S/C19H25N5O7S/c1-4-10(25)28-7-9-14(30-11(26)5-2)15(31-12(27)6-3)18(29-9)24-8-21-13-16(24)22-19(20)23-17(13)32/h8-9,14-15,18H,4-7H2,1-3H3,(H3,20,22,23,32)/t9-,14+,15-,18+/m0/s1. The Hall–Kier alpha value is -3.06. The SMILES string of the molecule is CCC(=O)OC[C@@H]1O[C@@H](n2cnc3c(=S)nc(N)[nH]c32)[C@@H](OC(=O)CC)[C@@H]1OC(=O)CC. The molecule has 12 nitrogen and oxygen atoms in total. The van der Waals surface area contributed by atoms with E-state index < -0.39 is 42.4 Å². The Kier molecular flexibility index (Phi) is 7.40. The molecule has 174 valence electrons. The van der Waals surface area contributed by atoms with Crippen molar-refractivity contribution in [3.8, 4) is 0 Å². The van der Waals surface area contributed by atoms with Crippen molar-refractivity contribution in [1.82, 2.24) is 19.5 Å². The third-order valence-electron chi connectivity index (χ3n) is 4.83. The lowest BCUT2D eigenvalue weighted by Gasteiger charge is -2.24. The summed E-state index contributed by atoms with van der Waals surface area (Å²) in [6.45, 7) is 4.72. The summed E-state index contributed by atoms with van der Waals surface area (Å²) in [6, 6.07) is 0. The number of nitrogens with two attached hydrogens (primary N) is 1. The molecule has 0 spiro atoms. The van der Waals surface area contributed by atoms with Gasteiger partial charge in [-0.2, -0.15) is 0 Å². The van der Waals surface area contributed by atoms with Crippen molar-refractivity contribution in [2.45, 2.75) is 64.6 Å². The quantitative estimate of drug-likeness (QED) is 0.329. The largest absolute Gasteiger partial charge is 0.463 e. The Morgan fingerprint density at radius 3 is 2.38 bits per heavy atom. The van der Waals surface area contributed by atoms with Crippen molar-refractivity contribution >= 4 is 47.2 Å². The van der Waals surface area contributed by atoms with Crippen LogP contribution in [0.4, 0.5) is 5.95 Å². The maximum Gasteiger partial charge on any atom is 0.306 e. The summed E-state index contributed by atoms with van der Waals surface area (Å²) in [4.78, 5) is 47.1. The molecule has 3 N–H and O–H groups in total. The number of H-pyrrole nitrogens is 1. The molecule has 2 aromatic rings. The number of aromatic nitrogens is 4. The third-order valence-corrected chi connectivity index (χ3v) is 5.12. The zero-order valence-corrected chi connectivity index (χ0v) is 18.7. The second-order valence-electron chi connectivity index (χ2n) is 6.99. The van der Waals surface area contributed by atoms with E-state index in [2.05, 4.69) is 15.0 Å². The first kappa shape index (κ1) is 23.6. The van der Waals surface area contributed by atoms with Crippen LogP contribution in [-0.2, 0) is 33.3 Å². The van der Waals surface area contributed by atoms with E-state index >= 15 is 0 Å². The number of rotatable bonds is 8.